The van der Waals surface area contributed by atoms with Crippen molar-refractivity contribution >= 4 is 17.5 Å². The van der Waals surface area contributed by atoms with E-state index >= 15 is 0 Å². The lowest BCUT2D eigenvalue weighted by Gasteiger charge is -2.13. The number of nitrogens with one attached hydrogen (secondary N) is 1. The molecular formula is C12H14ClNO3. The minimum Gasteiger partial charge on any atom is -0.454 e. The number of rotatable bonds is 4. The normalized spacial score (nSPS) is 14.5. The summed E-state index contributed by atoms with van der Waals surface area (Å²) in [5.41, 5.74) is 0.554. The molecule has 0 radical (unpaired) electrons. The van der Waals surface area contributed by atoms with E-state index in [4.69, 9.17) is 21.1 Å². The van der Waals surface area contributed by atoms with Crippen LogP contribution in [-0.4, -0.2) is 24.6 Å². The second kappa shape index (κ2) is 5.27. The molecule has 1 unspecified atom stereocenters. The maximum absolute atomic E-state index is 11.9. The summed E-state index contributed by atoms with van der Waals surface area (Å²) < 4.78 is 10.4. The van der Waals surface area contributed by atoms with E-state index in [1.165, 1.54) is 0 Å². The third-order valence-electron chi connectivity index (χ3n) is 2.65. The van der Waals surface area contributed by atoms with Gasteiger partial charge >= 0.3 is 0 Å². The number of fused-ring (bicyclic) bond motifs is 1. The second-order valence-corrected chi connectivity index (χ2v) is 4.11. The molecule has 0 aromatic heterocycles. The molecule has 1 aromatic carbocycles. The Morgan fingerprint density at radius 3 is 2.94 bits per heavy atom. The zero-order valence-electron chi connectivity index (χ0n) is 9.53. The largest absolute Gasteiger partial charge is 0.454 e. The number of hydrogen-bond donors (Lipinski definition) is 1. The van der Waals surface area contributed by atoms with Gasteiger partial charge in [0.1, 0.15) is 0 Å². The molecule has 4 nitrogen and oxygen atoms in total. The topological polar surface area (TPSA) is 47.6 Å². The van der Waals surface area contributed by atoms with E-state index < -0.39 is 0 Å². The number of benzene rings is 1. The first-order valence-electron chi connectivity index (χ1n) is 5.51. The molecule has 1 N–H and O–H groups in total. The molecule has 2 rings (SSSR count). The van der Waals surface area contributed by atoms with Gasteiger partial charge in [-0.3, -0.25) is 4.79 Å². The number of carbonyl (C=O) groups is 1. The van der Waals surface area contributed by atoms with Crippen molar-refractivity contribution in [3.63, 3.8) is 0 Å². The fraction of sp³-hybridized carbons (Fsp3) is 0.417. The molecular weight excluding hydrogens is 242 g/mol. The Morgan fingerprint density at radius 1 is 1.47 bits per heavy atom. The van der Waals surface area contributed by atoms with Gasteiger partial charge in [0.2, 0.25) is 6.79 Å². The van der Waals surface area contributed by atoms with Crippen molar-refractivity contribution in [2.45, 2.75) is 19.4 Å². The van der Waals surface area contributed by atoms with Crippen LogP contribution in [0, 0.1) is 0 Å². The Labute approximate surface area is 105 Å². The van der Waals surface area contributed by atoms with Crippen molar-refractivity contribution in [2.75, 3.05) is 12.7 Å². The van der Waals surface area contributed by atoms with Crippen molar-refractivity contribution in [1.82, 2.24) is 5.32 Å². The fourth-order valence-corrected chi connectivity index (χ4v) is 1.85. The Balaban J connectivity index is 2.09. The molecule has 0 saturated heterocycles. The molecule has 5 heteroatoms. The smallest absolute Gasteiger partial charge is 0.251 e. The number of alkyl halides is 1. The standard InChI is InChI=1S/C12H14ClNO3/c1-2-9(6-13)14-12(15)8-3-4-10-11(5-8)17-7-16-10/h3-5,9H,2,6-7H2,1H3,(H,14,15). The quantitative estimate of drug-likeness (QED) is 0.839. The van der Waals surface area contributed by atoms with E-state index in [1.54, 1.807) is 18.2 Å². The maximum atomic E-state index is 11.9. The van der Waals surface area contributed by atoms with E-state index in [1.807, 2.05) is 6.92 Å². The highest BCUT2D eigenvalue weighted by Crippen LogP contribution is 2.32. The van der Waals surface area contributed by atoms with Crippen molar-refractivity contribution in [2.24, 2.45) is 0 Å². The number of amides is 1. The molecule has 92 valence electrons. The van der Waals surface area contributed by atoms with Gasteiger partial charge < -0.3 is 14.8 Å². The van der Waals surface area contributed by atoms with Gasteiger partial charge in [0.25, 0.3) is 5.91 Å². The molecule has 0 saturated carbocycles. The van der Waals surface area contributed by atoms with Crippen molar-refractivity contribution in [3.8, 4) is 11.5 Å². The van der Waals surface area contributed by atoms with Crippen LogP contribution in [0.4, 0.5) is 0 Å². The summed E-state index contributed by atoms with van der Waals surface area (Å²) in [4.78, 5) is 11.9. The van der Waals surface area contributed by atoms with Crippen LogP contribution < -0.4 is 14.8 Å². The summed E-state index contributed by atoms with van der Waals surface area (Å²) in [5, 5.41) is 2.86. The lowest BCUT2D eigenvalue weighted by atomic mass is 10.1. The van der Waals surface area contributed by atoms with Crippen molar-refractivity contribution in [1.29, 1.82) is 0 Å². The number of halogens is 1. The van der Waals surface area contributed by atoms with Crippen LogP contribution in [-0.2, 0) is 0 Å². The summed E-state index contributed by atoms with van der Waals surface area (Å²) in [6.45, 7) is 2.19. The zero-order chi connectivity index (χ0) is 12.3. The van der Waals surface area contributed by atoms with Crippen LogP contribution in [0.25, 0.3) is 0 Å². The average Bonchev–Trinajstić information content (AvgIpc) is 2.82. The first-order chi connectivity index (χ1) is 8.24. The van der Waals surface area contributed by atoms with Gasteiger partial charge in [0, 0.05) is 17.5 Å². The molecule has 0 fully saturated rings. The highest BCUT2D eigenvalue weighted by molar-refractivity contribution is 6.18. The molecule has 1 aliphatic rings. The summed E-state index contributed by atoms with van der Waals surface area (Å²) in [6, 6.07) is 5.12. The molecule has 1 aromatic rings. The third kappa shape index (κ3) is 2.64. The predicted molar refractivity (Wildman–Crippen MR) is 64.8 cm³/mol. The molecule has 1 atom stereocenters. The first-order valence-corrected chi connectivity index (χ1v) is 6.04. The van der Waals surface area contributed by atoms with Crippen molar-refractivity contribution in [3.05, 3.63) is 23.8 Å². The van der Waals surface area contributed by atoms with Crippen LogP contribution in [0.2, 0.25) is 0 Å². The van der Waals surface area contributed by atoms with Crippen LogP contribution in [0.1, 0.15) is 23.7 Å². The van der Waals surface area contributed by atoms with Crippen molar-refractivity contribution < 1.29 is 14.3 Å². The lowest BCUT2D eigenvalue weighted by molar-refractivity contribution is 0.0939. The lowest BCUT2D eigenvalue weighted by Crippen LogP contribution is -2.35. The number of ether oxygens (including phenoxy) is 2. The van der Waals surface area contributed by atoms with Crippen LogP contribution >= 0.6 is 11.6 Å². The highest BCUT2D eigenvalue weighted by atomic mass is 35.5. The third-order valence-corrected chi connectivity index (χ3v) is 3.02. The van der Waals surface area contributed by atoms with Gasteiger partial charge in [-0.1, -0.05) is 6.92 Å². The van der Waals surface area contributed by atoms with Crippen LogP contribution in [0.15, 0.2) is 18.2 Å². The first kappa shape index (κ1) is 12.0. The fourth-order valence-electron chi connectivity index (χ4n) is 1.56. The van der Waals surface area contributed by atoms with Gasteiger partial charge in [0.05, 0.1) is 0 Å². The van der Waals surface area contributed by atoms with E-state index in [9.17, 15) is 4.79 Å². The van der Waals surface area contributed by atoms with Crippen LogP contribution in [0.5, 0.6) is 11.5 Å². The monoisotopic (exact) mass is 255 g/mol. The Kier molecular flexibility index (Phi) is 3.74. The summed E-state index contributed by atoms with van der Waals surface area (Å²) in [7, 11) is 0. The molecule has 0 bridgehead atoms. The number of carbonyl (C=O) groups excluding carboxylic acids is 1. The Hall–Kier alpha value is -1.42. The van der Waals surface area contributed by atoms with Gasteiger partial charge in [0.15, 0.2) is 11.5 Å². The van der Waals surface area contributed by atoms with E-state index in [-0.39, 0.29) is 18.7 Å². The summed E-state index contributed by atoms with van der Waals surface area (Å²) in [5.74, 6) is 1.55. The van der Waals surface area contributed by atoms with Gasteiger partial charge in [-0.2, -0.15) is 0 Å². The van der Waals surface area contributed by atoms with Gasteiger partial charge in [-0.15, -0.1) is 11.6 Å². The second-order valence-electron chi connectivity index (χ2n) is 3.80. The molecule has 1 heterocycles. The minimum atomic E-state index is -0.143. The summed E-state index contributed by atoms with van der Waals surface area (Å²) in [6.07, 6.45) is 0.805. The molecule has 1 amide bonds. The minimum absolute atomic E-state index is 0.00501. The van der Waals surface area contributed by atoms with E-state index in [0.29, 0.717) is 22.9 Å². The SMILES string of the molecule is CCC(CCl)NC(=O)c1ccc2c(c1)OCO2. The predicted octanol–water partition coefficient (Wildman–Crippen LogP) is 2.16. The van der Waals surface area contributed by atoms with Gasteiger partial charge in [-0.05, 0) is 24.6 Å². The highest BCUT2D eigenvalue weighted by Gasteiger charge is 2.17. The zero-order valence-corrected chi connectivity index (χ0v) is 10.3. The van der Waals surface area contributed by atoms with E-state index in [2.05, 4.69) is 5.32 Å². The molecule has 1 aliphatic heterocycles. The Morgan fingerprint density at radius 2 is 2.24 bits per heavy atom. The van der Waals surface area contributed by atoms with Crippen LogP contribution in [0.3, 0.4) is 0 Å². The number of hydrogen-bond acceptors (Lipinski definition) is 3. The van der Waals surface area contributed by atoms with E-state index in [0.717, 1.165) is 6.42 Å². The molecule has 0 aliphatic carbocycles. The summed E-state index contributed by atoms with van der Waals surface area (Å²) >= 11 is 5.73. The maximum Gasteiger partial charge on any atom is 0.251 e. The average molecular weight is 256 g/mol. The molecule has 17 heavy (non-hydrogen) atoms. The molecule has 0 spiro atoms. The Bertz CT molecular complexity index is 418. The van der Waals surface area contributed by atoms with Gasteiger partial charge in [-0.25, -0.2) is 0 Å².